The number of ketones is 2. The van der Waals surface area contributed by atoms with Crippen molar-refractivity contribution in [2.45, 2.75) is 71.0 Å². The zero-order valence-electron chi connectivity index (χ0n) is 16.6. The van der Waals surface area contributed by atoms with Gasteiger partial charge in [-0.1, -0.05) is 26.3 Å². The molecule has 0 heterocycles. The first-order valence-electron chi connectivity index (χ1n) is 10.4. The van der Waals surface area contributed by atoms with E-state index in [9.17, 15) is 24.9 Å². The fourth-order valence-electron chi connectivity index (χ4n) is 7.71. The molecule has 0 spiro atoms. The Balaban J connectivity index is 1.77. The van der Waals surface area contributed by atoms with Crippen LogP contribution in [0.1, 0.15) is 59.3 Å². The Bertz CT molecular complexity index is 713. The van der Waals surface area contributed by atoms with Gasteiger partial charge in [-0.05, 0) is 67.3 Å². The summed E-state index contributed by atoms with van der Waals surface area (Å²) in [6, 6.07) is 0. The van der Waals surface area contributed by atoms with Crippen LogP contribution >= 0.6 is 0 Å². The third-order valence-corrected chi connectivity index (χ3v) is 8.97. The lowest BCUT2D eigenvalue weighted by molar-refractivity contribution is -0.184. The van der Waals surface area contributed by atoms with Gasteiger partial charge < -0.3 is 15.3 Å². The van der Waals surface area contributed by atoms with E-state index in [0.29, 0.717) is 19.3 Å². The van der Waals surface area contributed by atoms with Crippen molar-refractivity contribution in [2.75, 3.05) is 6.61 Å². The zero-order valence-corrected chi connectivity index (χ0v) is 16.6. The van der Waals surface area contributed by atoms with E-state index in [-0.39, 0.29) is 34.9 Å². The molecule has 5 nitrogen and oxygen atoms in total. The van der Waals surface area contributed by atoms with Crippen molar-refractivity contribution in [2.24, 2.45) is 34.5 Å². The Morgan fingerprint density at radius 2 is 2.00 bits per heavy atom. The molecule has 0 saturated heterocycles. The lowest BCUT2D eigenvalue weighted by Gasteiger charge is -2.61. The quantitative estimate of drug-likeness (QED) is 0.685. The van der Waals surface area contributed by atoms with Gasteiger partial charge in [0.2, 0.25) is 0 Å². The first-order valence-corrected chi connectivity index (χ1v) is 10.4. The number of Topliss-reactive ketones (excluding diaryl/α,β-unsaturated/α-hetero) is 1. The summed E-state index contributed by atoms with van der Waals surface area (Å²) in [5.74, 6) is 0.341. The number of carbonyl (C=O) groups is 2. The number of carbonyl (C=O) groups excluding carboxylic acids is 2. The van der Waals surface area contributed by atoms with E-state index in [2.05, 4.69) is 13.8 Å². The van der Waals surface area contributed by atoms with Crippen LogP contribution in [-0.2, 0) is 9.59 Å². The van der Waals surface area contributed by atoms with Gasteiger partial charge in [0.15, 0.2) is 11.6 Å². The summed E-state index contributed by atoms with van der Waals surface area (Å²) in [4.78, 5) is 24.5. The summed E-state index contributed by atoms with van der Waals surface area (Å²) >= 11 is 0. The molecule has 4 aliphatic rings. The van der Waals surface area contributed by atoms with E-state index in [4.69, 9.17) is 0 Å². The minimum absolute atomic E-state index is 0.0534. The van der Waals surface area contributed by atoms with Crippen molar-refractivity contribution < 1.29 is 24.9 Å². The predicted octanol–water partition coefficient (Wildman–Crippen LogP) is 2.03. The molecular formula is C22H32O5. The molecule has 0 radical (unpaired) electrons. The van der Waals surface area contributed by atoms with Crippen molar-refractivity contribution in [1.82, 2.24) is 0 Å². The Morgan fingerprint density at radius 3 is 2.67 bits per heavy atom. The second-order valence-electron chi connectivity index (χ2n) is 10.1. The second-order valence-corrected chi connectivity index (χ2v) is 10.1. The molecule has 8 atom stereocenters. The van der Waals surface area contributed by atoms with Crippen LogP contribution in [-0.4, -0.2) is 45.2 Å². The fraction of sp³-hybridized carbons (Fsp3) is 0.818. The number of fused-ring (bicyclic) bond motifs is 5. The SMILES string of the molecule is CC1C[C@@H]2[C@H](C(O)C[C@@]3(C)[C@H]2CC[C@]3(O)C(=O)CO)[C@@]2(C)CCC(=O)C=C12. The van der Waals surface area contributed by atoms with E-state index < -0.39 is 29.5 Å². The topological polar surface area (TPSA) is 94.8 Å². The highest BCUT2D eigenvalue weighted by Crippen LogP contribution is 2.68. The van der Waals surface area contributed by atoms with Crippen LogP contribution in [0.15, 0.2) is 11.6 Å². The van der Waals surface area contributed by atoms with Gasteiger partial charge >= 0.3 is 0 Å². The van der Waals surface area contributed by atoms with Crippen molar-refractivity contribution in [3.05, 3.63) is 11.6 Å². The summed E-state index contributed by atoms with van der Waals surface area (Å²) in [6.45, 7) is 5.63. The van der Waals surface area contributed by atoms with Gasteiger partial charge in [0, 0.05) is 11.8 Å². The highest BCUT2D eigenvalue weighted by molar-refractivity contribution is 5.92. The minimum atomic E-state index is -1.55. The number of aliphatic hydroxyl groups excluding tert-OH is 2. The smallest absolute Gasteiger partial charge is 0.190 e. The second kappa shape index (κ2) is 5.98. The van der Waals surface area contributed by atoms with Gasteiger partial charge in [-0.25, -0.2) is 0 Å². The maximum absolute atomic E-state index is 12.4. The maximum atomic E-state index is 12.4. The van der Waals surface area contributed by atoms with E-state index >= 15 is 0 Å². The average Bonchev–Trinajstić information content (AvgIpc) is 2.87. The summed E-state index contributed by atoms with van der Waals surface area (Å²) < 4.78 is 0. The molecule has 2 unspecified atom stereocenters. The molecule has 4 rings (SSSR count). The summed E-state index contributed by atoms with van der Waals surface area (Å²) in [5.41, 5.74) is -1.28. The molecule has 27 heavy (non-hydrogen) atoms. The molecule has 0 aromatic heterocycles. The molecule has 3 saturated carbocycles. The molecule has 4 aliphatic carbocycles. The Hall–Kier alpha value is -1.04. The summed E-state index contributed by atoms with van der Waals surface area (Å²) in [6.07, 6.45) is 4.84. The molecule has 0 amide bonds. The lowest BCUT2D eigenvalue weighted by Crippen LogP contribution is -2.62. The molecule has 0 aliphatic heterocycles. The molecule has 3 fully saturated rings. The van der Waals surface area contributed by atoms with E-state index in [1.54, 1.807) is 0 Å². The van der Waals surface area contributed by atoms with Crippen LogP contribution in [0, 0.1) is 34.5 Å². The molecule has 5 heteroatoms. The highest BCUT2D eigenvalue weighted by atomic mass is 16.3. The molecular weight excluding hydrogens is 344 g/mol. The van der Waals surface area contributed by atoms with Crippen LogP contribution in [0.5, 0.6) is 0 Å². The van der Waals surface area contributed by atoms with Gasteiger partial charge in [0.25, 0.3) is 0 Å². The maximum Gasteiger partial charge on any atom is 0.190 e. The van der Waals surface area contributed by atoms with Crippen LogP contribution in [0.2, 0.25) is 0 Å². The van der Waals surface area contributed by atoms with Gasteiger partial charge in [0.1, 0.15) is 12.2 Å². The largest absolute Gasteiger partial charge is 0.393 e. The van der Waals surface area contributed by atoms with Crippen molar-refractivity contribution in [3.63, 3.8) is 0 Å². The first kappa shape index (κ1) is 19.3. The molecule has 150 valence electrons. The van der Waals surface area contributed by atoms with Crippen molar-refractivity contribution >= 4 is 11.6 Å². The number of hydrogen-bond acceptors (Lipinski definition) is 5. The Kier molecular flexibility index (Phi) is 4.27. The van der Waals surface area contributed by atoms with Crippen molar-refractivity contribution in [3.8, 4) is 0 Å². The van der Waals surface area contributed by atoms with Gasteiger partial charge in [-0.3, -0.25) is 9.59 Å². The van der Waals surface area contributed by atoms with E-state index in [0.717, 1.165) is 19.3 Å². The number of hydrogen-bond donors (Lipinski definition) is 3. The minimum Gasteiger partial charge on any atom is -0.393 e. The molecule has 3 N–H and O–H groups in total. The van der Waals surface area contributed by atoms with Crippen LogP contribution in [0.25, 0.3) is 0 Å². The molecule has 0 bridgehead atoms. The van der Waals surface area contributed by atoms with Crippen LogP contribution in [0.4, 0.5) is 0 Å². The lowest BCUT2D eigenvalue weighted by atomic mass is 9.44. The Morgan fingerprint density at radius 1 is 1.30 bits per heavy atom. The summed E-state index contributed by atoms with van der Waals surface area (Å²) in [5, 5.41) is 31.9. The third kappa shape index (κ3) is 2.34. The number of rotatable bonds is 2. The molecule has 0 aromatic carbocycles. The third-order valence-electron chi connectivity index (χ3n) is 8.97. The van der Waals surface area contributed by atoms with E-state index in [1.165, 1.54) is 5.57 Å². The van der Waals surface area contributed by atoms with Crippen molar-refractivity contribution in [1.29, 1.82) is 0 Å². The van der Waals surface area contributed by atoms with Gasteiger partial charge in [-0.15, -0.1) is 0 Å². The van der Waals surface area contributed by atoms with Gasteiger partial charge in [-0.2, -0.15) is 0 Å². The number of allylic oxidation sites excluding steroid dienone is 1. The Labute approximate surface area is 160 Å². The fourth-order valence-corrected chi connectivity index (χ4v) is 7.71. The molecule has 0 aromatic rings. The highest BCUT2D eigenvalue weighted by Gasteiger charge is 2.68. The van der Waals surface area contributed by atoms with E-state index in [1.807, 2.05) is 13.0 Å². The standard InChI is InChI=1S/C22H32O5/c1-12-8-14-15-5-7-22(27,18(26)11-23)21(15,3)10-17(25)19(14)20(2)6-4-13(24)9-16(12)20/h9,12,14-15,17,19,23,25,27H,4-8,10-11H2,1-3H3/t12?,14-,15-,17?,19+,20-,21-,22-/m0/s1. The average molecular weight is 376 g/mol. The zero-order chi connectivity index (χ0) is 19.8. The summed E-state index contributed by atoms with van der Waals surface area (Å²) in [7, 11) is 0. The first-order chi connectivity index (χ1) is 12.6. The van der Waals surface area contributed by atoms with Gasteiger partial charge in [0.05, 0.1) is 6.10 Å². The monoisotopic (exact) mass is 376 g/mol. The van der Waals surface area contributed by atoms with Crippen LogP contribution in [0.3, 0.4) is 0 Å². The predicted molar refractivity (Wildman–Crippen MR) is 99.7 cm³/mol. The number of aliphatic hydroxyl groups is 3. The van der Waals surface area contributed by atoms with Crippen LogP contribution < -0.4 is 0 Å². The normalized spacial score (nSPS) is 51.9.